The quantitative estimate of drug-likeness (QED) is 0.788. The van der Waals surface area contributed by atoms with E-state index in [1.54, 1.807) is 12.1 Å². The van der Waals surface area contributed by atoms with Gasteiger partial charge in [0, 0.05) is 18.3 Å². The van der Waals surface area contributed by atoms with Gasteiger partial charge in [-0.1, -0.05) is 23.8 Å². The van der Waals surface area contributed by atoms with Gasteiger partial charge >= 0.3 is 6.36 Å². The Labute approximate surface area is 166 Å². The highest BCUT2D eigenvalue weighted by molar-refractivity contribution is 7.89. The number of aryl methyl sites for hydroxylation is 1. The molecule has 10 heteroatoms. The van der Waals surface area contributed by atoms with Crippen molar-refractivity contribution in [2.24, 2.45) is 0 Å². The van der Waals surface area contributed by atoms with Crippen LogP contribution in [-0.2, 0) is 14.8 Å². The number of carbonyl (C=O) groups excluding carboxylic acids is 1. The number of ether oxygens (including phenoxy) is 1. The molecule has 1 atom stereocenters. The van der Waals surface area contributed by atoms with Crippen LogP contribution in [-0.4, -0.2) is 37.6 Å². The van der Waals surface area contributed by atoms with Crippen molar-refractivity contribution < 1.29 is 31.1 Å². The molecule has 1 fully saturated rings. The number of benzene rings is 2. The zero-order chi connectivity index (χ0) is 21.2. The normalized spacial score (nSPS) is 17.9. The molecule has 1 amide bonds. The number of halogens is 3. The number of alkyl halides is 3. The molecule has 6 nitrogen and oxygen atoms in total. The van der Waals surface area contributed by atoms with Crippen LogP contribution in [0.15, 0.2) is 53.4 Å². The Balaban J connectivity index is 1.77. The number of nitrogens with zero attached hydrogens (tertiary/aromatic N) is 1. The molecule has 0 bridgehead atoms. The van der Waals surface area contributed by atoms with Crippen LogP contribution in [0.2, 0.25) is 0 Å². The van der Waals surface area contributed by atoms with Crippen LogP contribution >= 0.6 is 0 Å². The first-order valence-corrected chi connectivity index (χ1v) is 10.3. The number of anilines is 1. The first-order valence-electron chi connectivity index (χ1n) is 8.81. The van der Waals surface area contributed by atoms with E-state index in [-0.39, 0.29) is 17.1 Å². The highest BCUT2D eigenvalue weighted by atomic mass is 32.2. The molecule has 156 valence electrons. The number of nitrogens with one attached hydrogen (secondary N) is 1. The van der Waals surface area contributed by atoms with Gasteiger partial charge in [0.15, 0.2) is 0 Å². The maximum absolute atomic E-state index is 12.9. The van der Waals surface area contributed by atoms with E-state index in [4.69, 9.17) is 0 Å². The molecule has 0 aliphatic carbocycles. The predicted octanol–water partition coefficient (Wildman–Crippen LogP) is 3.69. The molecule has 2 aromatic rings. The van der Waals surface area contributed by atoms with E-state index in [1.165, 1.54) is 24.3 Å². The van der Waals surface area contributed by atoms with E-state index in [2.05, 4.69) is 10.1 Å². The second-order valence-electron chi connectivity index (χ2n) is 6.65. The van der Waals surface area contributed by atoms with Crippen molar-refractivity contribution in [3.8, 4) is 5.75 Å². The Morgan fingerprint density at radius 3 is 2.52 bits per heavy atom. The van der Waals surface area contributed by atoms with Gasteiger partial charge < -0.3 is 10.1 Å². The Bertz CT molecular complexity index is 991. The van der Waals surface area contributed by atoms with Gasteiger partial charge in [0.1, 0.15) is 11.8 Å². The minimum atomic E-state index is -4.85. The number of amides is 1. The Morgan fingerprint density at radius 1 is 1.17 bits per heavy atom. The van der Waals surface area contributed by atoms with E-state index in [1.807, 2.05) is 6.92 Å². The first-order chi connectivity index (χ1) is 13.6. The van der Waals surface area contributed by atoms with Crippen molar-refractivity contribution >= 4 is 21.6 Å². The number of hydrogen-bond acceptors (Lipinski definition) is 4. The molecule has 1 saturated heterocycles. The molecule has 1 aliphatic rings. The van der Waals surface area contributed by atoms with E-state index < -0.39 is 34.1 Å². The van der Waals surface area contributed by atoms with Crippen LogP contribution in [0.4, 0.5) is 18.9 Å². The van der Waals surface area contributed by atoms with Gasteiger partial charge in [-0.25, -0.2) is 8.42 Å². The number of hydrogen-bond donors (Lipinski definition) is 1. The van der Waals surface area contributed by atoms with Crippen molar-refractivity contribution in [1.82, 2.24) is 4.31 Å². The summed E-state index contributed by atoms with van der Waals surface area (Å²) in [6.07, 6.45) is -4.04. The third-order valence-electron chi connectivity index (χ3n) is 4.47. The lowest BCUT2D eigenvalue weighted by Gasteiger charge is -2.23. The molecule has 29 heavy (non-hydrogen) atoms. The van der Waals surface area contributed by atoms with Gasteiger partial charge in [-0.05, 0) is 44.0 Å². The van der Waals surface area contributed by atoms with E-state index in [9.17, 15) is 26.4 Å². The van der Waals surface area contributed by atoms with Crippen LogP contribution in [0.3, 0.4) is 0 Å². The lowest BCUT2D eigenvalue weighted by atomic mass is 10.2. The molecule has 0 spiro atoms. The number of sulfonamides is 1. The van der Waals surface area contributed by atoms with Crippen LogP contribution < -0.4 is 10.1 Å². The van der Waals surface area contributed by atoms with Crippen molar-refractivity contribution in [2.45, 2.75) is 37.1 Å². The average Bonchev–Trinajstić information content (AvgIpc) is 3.12. The smallest absolute Gasteiger partial charge is 0.406 e. The SMILES string of the molecule is Cc1ccc(S(=O)(=O)N2CCC[C@H]2C(=O)Nc2cccc(OC(F)(F)F)c2)cc1. The van der Waals surface area contributed by atoms with Gasteiger partial charge in [0.05, 0.1) is 4.90 Å². The summed E-state index contributed by atoms with van der Waals surface area (Å²) < 4.78 is 67.9. The summed E-state index contributed by atoms with van der Waals surface area (Å²) in [5, 5.41) is 2.48. The van der Waals surface area contributed by atoms with Crippen LogP contribution in [0.5, 0.6) is 5.75 Å². The second kappa shape index (κ2) is 8.03. The van der Waals surface area contributed by atoms with Gasteiger partial charge in [0.25, 0.3) is 0 Å². The summed E-state index contributed by atoms with van der Waals surface area (Å²) in [7, 11) is -3.88. The fraction of sp³-hybridized carbons (Fsp3) is 0.316. The van der Waals surface area contributed by atoms with E-state index in [0.29, 0.717) is 12.8 Å². The molecular formula is C19H19F3N2O4S. The summed E-state index contributed by atoms with van der Waals surface area (Å²) in [6.45, 7) is 2.02. The minimum absolute atomic E-state index is 0.0799. The molecule has 1 aliphatic heterocycles. The van der Waals surface area contributed by atoms with E-state index >= 15 is 0 Å². The highest BCUT2D eigenvalue weighted by Gasteiger charge is 2.39. The number of carbonyl (C=O) groups is 1. The topological polar surface area (TPSA) is 75.7 Å². The fourth-order valence-electron chi connectivity index (χ4n) is 3.13. The molecule has 3 rings (SSSR count). The van der Waals surface area contributed by atoms with Gasteiger partial charge in [-0.2, -0.15) is 4.31 Å². The summed E-state index contributed by atoms with van der Waals surface area (Å²) in [4.78, 5) is 12.8. The molecule has 1 heterocycles. The van der Waals surface area contributed by atoms with Crippen molar-refractivity contribution in [3.05, 3.63) is 54.1 Å². The van der Waals surface area contributed by atoms with Gasteiger partial charge in [-0.3, -0.25) is 4.79 Å². The minimum Gasteiger partial charge on any atom is -0.406 e. The third kappa shape index (κ3) is 5.07. The third-order valence-corrected chi connectivity index (χ3v) is 6.39. The van der Waals surface area contributed by atoms with Crippen molar-refractivity contribution in [1.29, 1.82) is 0 Å². The zero-order valence-electron chi connectivity index (χ0n) is 15.4. The summed E-state index contributed by atoms with van der Waals surface area (Å²) >= 11 is 0. The van der Waals surface area contributed by atoms with E-state index in [0.717, 1.165) is 22.0 Å². The Hall–Kier alpha value is -2.59. The molecule has 0 unspecified atom stereocenters. The van der Waals surface area contributed by atoms with Crippen molar-refractivity contribution in [2.75, 3.05) is 11.9 Å². The molecule has 0 aromatic heterocycles. The monoisotopic (exact) mass is 428 g/mol. The van der Waals surface area contributed by atoms with Crippen molar-refractivity contribution in [3.63, 3.8) is 0 Å². The predicted molar refractivity (Wildman–Crippen MR) is 99.8 cm³/mol. The molecule has 1 N–H and O–H groups in total. The van der Waals surface area contributed by atoms with Crippen LogP contribution in [0, 0.1) is 6.92 Å². The molecular weight excluding hydrogens is 409 g/mol. The van der Waals surface area contributed by atoms with Crippen LogP contribution in [0.1, 0.15) is 18.4 Å². The van der Waals surface area contributed by atoms with Gasteiger partial charge in [-0.15, -0.1) is 13.2 Å². The second-order valence-corrected chi connectivity index (χ2v) is 8.54. The maximum Gasteiger partial charge on any atom is 0.573 e. The standard InChI is InChI=1S/C19H19F3N2O4S/c1-13-7-9-16(10-8-13)29(26,27)24-11-3-6-17(24)18(25)23-14-4-2-5-15(12-14)28-19(20,21)22/h2,4-5,7-10,12,17H,3,6,11H2,1H3,(H,23,25)/t17-/m0/s1. The first kappa shape index (κ1) is 21.1. The average molecular weight is 428 g/mol. The largest absolute Gasteiger partial charge is 0.573 e. The lowest BCUT2D eigenvalue weighted by molar-refractivity contribution is -0.274. The summed E-state index contributed by atoms with van der Waals surface area (Å²) in [5.74, 6) is -1.09. The fourth-order valence-corrected chi connectivity index (χ4v) is 4.79. The molecule has 2 aromatic carbocycles. The number of rotatable bonds is 5. The lowest BCUT2D eigenvalue weighted by Crippen LogP contribution is -2.43. The maximum atomic E-state index is 12.9. The highest BCUT2D eigenvalue weighted by Crippen LogP contribution is 2.29. The molecule has 0 saturated carbocycles. The Kier molecular flexibility index (Phi) is 5.85. The Morgan fingerprint density at radius 2 is 1.86 bits per heavy atom. The van der Waals surface area contributed by atoms with Crippen LogP contribution in [0.25, 0.3) is 0 Å². The molecule has 0 radical (unpaired) electrons. The van der Waals surface area contributed by atoms with Gasteiger partial charge in [0.2, 0.25) is 15.9 Å². The summed E-state index contributed by atoms with van der Waals surface area (Å²) in [6, 6.07) is 10.2. The summed E-state index contributed by atoms with van der Waals surface area (Å²) in [5.41, 5.74) is 0.983. The zero-order valence-corrected chi connectivity index (χ0v) is 16.3.